The SMILES string of the molecule is CNC(CNC1CC1)c1ccc2c(c1)nc(C)n2C. The van der Waals surface area contributed by atoms with E-state index in [1.807, 2.05) is 14.0 Å². The predicted octanol–water partition coefficient (Wildman–Crippen LogP) is 1.89. The molecule has 0 aliphatic heterocycles. The van der Waals surface area contributed by atoms with Gasteiger partial charge in [0.2, 0.25) is 0 Å². The molecule has 2 aromatic rings. The molecule has 1 unspecified atom stereocenters. The molecule has 0 amide bonds. The fraction of sp³-hybridized carbons (Fsp3) is 0.533. The molecule has 1 fully saturated rings. The summed E-state index contributed by atoms with van der Waals surface area (Å²) in [7, 11) is 4.08. The van der Waals surface area contributed by atoms with Crippen LogP contribution in [0.4, 0.5) is 0 Å². The number of nitrogens with zero attached hydrogens (tertiary/aromatic N) is 2. The minimum absolute atomic E-state index is 0.354. The molecule has 1 saturated carbocycles. The topological polar surface area (TPSA) is 41.9 Å². The molecule has 1 heterocycles. The summed E-state index contributed by atoms with van der Waals surface area (Å²) in [5.41, 5.74) is 3.59. The van der Waals surface area contributed by atoms with Gasteiger partial charge >= 0.3 is 0 Å². The number of hydrogen-bond acceptors (Lipinski definition) is 3. The van der Waals surface area contributed by atoms with Gasteiger partial charge in [-0.05, 0) is 44.5 Å². The summed E-state index contributed by atoms with van der Waals surface area (Å²) in [4.78, 5) is 4.61. The van der Waals surface area contributed by atoms with Crippen LogP contribution in [-0.4, -0.2) is 29.2 Å². The highest BCUT2D eigenvalue weighted by molar-refractivity contribution is 5.76. The van der Waals surface area contributed by atoms with Gasteiger partial charge in [-0.1, -0.05) is 6.07 Å². The van der Waals surface area contributed by atoms with Gasteiger partial charge < -0.3 is 15.2 Å². The van der Waals surface area contributed by atoms with Crippen molar-refractivity contribution in [1.82, 2.24) is 20.2 Å². The van der Waals surface area contributed by atoms with Gasteiger partial charge in [-0.15, -0.1) is 0 Å². The van der Waals surface area contributed by atoms with Crippen LogP contribution in [0.5, 0.6) is 0 Å². The summed E-state index contributed by atoms with van der Waals surface area (Å²) in [6.07, 6.45) is 2.66. The van der Waals surface area contributed by atoms with Crippen LogP contribution in [0.3, 0.4) is 0 Å². The van der Waals surface area contributed by atoms with E-state index in [-0.39, 0.29) is 0 Å². The van der Waals surface area contributed by atoms with Crippen LogP contribution in [0, 0.1) is 6.92 Å². The smallest absolute Gasteiger partial charge is 0.106 e. The molecule has 1 aliphatic rings. The van der Waals surface area contributed by atoms with E-state index in [2.05, 4.69) is 45.4 Å². The normalized spacial score (nSPS) is 17.0. The lowest BCUT2D eigenvalue weighted by Crippen LogP contribution is -2.30. The summed E-state index contributed by atoms with van der Waals surface area (Å²) >= 11 is 0. The Bertz CT molecular complexity index is 583. The minimum Gasteiger partial charge on any atom is -0.331 e. The summed E-state index contributed by atoms with van der Waals surface area (Å²) in [5, 5.41) is 6.97. The molecular formula is C15H22N4. The van der Waals surface area contributed by atoms with Gasteiger partial charge in [0.15, 0.2) is 0 Å². The second-order valence-corrected chi connectivity index (χ2v) is 5.49. The third kappa shape index (κ3) is 2.51. The van der Waals surface area contributed by atoms with Crippen LogP contribution in [0.2, 0.25) is 0 Å². The van der Waals surface area contributed by atoms with Gasteiger partial charge in [-0.25, -0.2) is 4.98 Å². The molecule has 4 heteroatoms. The van der Waals surface area contributed by atoms with Gasteiger partial charge in [0.1, 0.15) is 5.82 Å². The lowest BCUT2D eigenvalue weighted by Gasteiger charge is -2.17. The van der Waals surface area contributed by atoms with Crippen molar-refractivity contribution in [3.63, 3.8) is 0 Å². The van der Waals surface area contributed by atoms with Crippen molar-refractivity contribution in [3.05, 3.63) is 29.6 Å². The third-order valence-electron chi connectivity index (χ3n) is 4.07. The van der Waals surface area contributed by atoms with Gasteiger partial charge in [0.05, 0.1) is 11.0 Å². The highest BCUT2D eigenvalue weighted by Crippen LogP contribution is 2.22. The molecular weight excluding hydrogens is 236 g/mol. The van der Waals surface area contributed by atoms with Gasteiger partial charge in [-0.3, -0.25) is 0 Å². The lowest BCUT2D eigenvalue weighted by atomic mass is 10.1. The Morgan fingerprint density at radius 3 is 2.89 bits per heavy atom. The van der Waals surface area contributed by atoms with E-state index in [1.165, 1.54) is 23.9 Å². The zero-order valence-electron chi connectivity index (χ0n) is 11.9. The Labute approximate surface area is 114 Å². The number of likely N-dealkylation sites (N-methyl/N-ethyl adjacent to an activating group) is 1. The summed E-state index contributed by atoms with van der Waals surface area (Å²) in [6.45, 7) is 3.03. The molecule has 0 spiro atoms. The van der Waals surface area contributed by atoms with Crippen molar-refractivity contribution in [2.24, 2.45) is 7.05 Å². The first-order valence-corrected chi connectivity index (χ1v) is 7.02. The Balaban J connectivity index is 1.85. The third-order valence-corrected chi connectivity index (χ3v) is 4.07. The maximum absolute atomic E-state index is 4.61. The van der Waals surface area contributed by atoms with E-state index < -0.39 is 0 Å². The largest absolute Gasteiger partial charge is 0.331 e. The first kappa shape index (κ1) is 12.6. The number of aromatic nitrogens is 2. The van der Waals surface area contributed by atoms with Crippen LogP contribution in [0.1, 0.15) is 30.3 Å². The average Bonchev–Trinajstić information content (AvgIpc) is 3.18. The van der Waals surface area contributed by atoms with Crippen molar-refractivity contribution in [3.8, 4) is 0 Å². The average molecular weight is 258 g/mol. The first-order valence-electron chi connectivity index (χ1n) is 7.02. The maximum atomic E-state index is 4.61. The van der Waals surface area contributed by atoms with Crippen molar-refractivity contribution in [2.45, 2.75) is 31.8 Å². The van der Waals surface area contributed by atoms with Crippen molar-refractivity contribution in [1.29, 1.82) is 0 Å². The number of nitrogens with one attached hydrogen (secondary N) is 2. The molecule has 3 rings (SSSR count). The van der Waals surface area contributed by atoms with E-state index in [1.54, 1.807) is 0 Å². The summed E-state index contributed by atoms with van der Waals surface area (Å²) < 4.78 is 2.13. The fourth-order valence-corrected chi connectivity index (χ4v) is 2.51. The molecule has 1 atom stereocenters. The first-order chi connectivity index (χ1) is 9.19. The molecule has 19 heavy (non-hydrogen) atoms. The summed E-state index contributed by atoms with van der Waals surface area (Å²) in [6, 6.07) is 7.69. The number of fused-ring (bicyclic) bond motifs is 1. The highest BCUT2D eigenvalue weighted by Gasteiger charge is 2.22. The monoisotopic (exact) mass is 258 g/mol. The van der Waals surface area contributed by atoms with E-state index in [9.17, 15) is 0 Å². The van der Waals surface area contributed by atoms with Crippen LogP contribution in [0.25, 0.3) is 11.0 Å². The molecule has 102 valence electrons. The lowest BCUT2D eigenvalue weighted by molar-refractivity contribution is 0.526. The number of imidazole rings is 1. The molecule has 0 radical (unpaired) electrons. The summed E-state index contributed by atoms with van der Waals surface area (Å²) in [5.74, 6) is 1.06. The van der Waals surface area contributed by atoms with Crippen molar-refractivity contribution >= 4 is 11.0 Å². The van der Waals surface area contributed by atoms with E-state index in [4.69, 9.17) is 0 Å². The highest BCUT2D eigenvalue weighted by atomic mass is 15.1. The van der Waals surface area contributed by atoms with Crippen molar-refractivity contribution < 1.29 is 0 Å². The Kier molecular flexibility index (Phi) is 3.29. The zero-order valence-corrected chi connectivity index (χ0v) is 11.9. The quantitative estimate of drug-likeness (QED) is 0.860. The van der Waals surface area contributed by atoms with Crippen LogP contribution in [-0.2, 0) is 7.05 Å². The minimum atomic E-state index is 0.354. The van der Waals surface area contributed by atoms with E-state index >= 15 is 0 Å². The number of hydrogen-bond donors (Lipinski definition) is 2. The van der Waals surface area contributed by atoms with Gasteiger partial charge in [-0.2, -0.15) is 0 Å². The number of rotatable bonds is 5. The molecule has 4 nitrogen and oxygen atoms in total. The molecule has 2 N–H and O–H groups in total. The van der Waals surface area contributed by atoms with Crippen LogP contribution in [0.15, 0.2) is 18.2 Å². The van der Waals surface area contributed by atoms with Gasteiger partial charge in [0, 0.05) is 25.7 Å². The van der Waals surface area contributed by atoms with E-state index in [0.717, 1.165) is 23.9 Å². The Morgan fingerprint density at radius 2 is 2.21 bits per heavy atom. The van der Waals surface area contributed by atoms with Gasteiger partial charge in [0.25, 0.3) is 0 Å². The maximum Gasteiger partial charge on any atom is 0.106 e. The Morgan fingerprint density at radius 1 is 1.42 bits per heavy atom. The molecule has 0 bridgehead atoms. The number of aryl methyl sites for hydroxylation is 2. The van der Waals surface area contributed by atoms with Crippen molar-refractivity contribution in [2.75, 3.05) is 13.6 Å². The standard InChI is InChI=1S/C15H22N4/c1-10-18-13-8-11(4-7-15(13)19(10)3)14(16-2)9-17-12-5-6-12/h4,7-8,12,14,16-17H,5-6,9H2,1-3H3. The molecule has 1 aromatic heterocycles. The van der Waals surface area contributed by atoms with Crippen LogP contribution >= 0.6 is 0 Å². The second-order valence-electron chi connectivity index (χ2n) is 5.49. The molecule has 0 saturated heterocycles. The molecule has 1 aromatic carbocycles. The fourth-order valence-electron chi connectivity index (χ4n) is 2.51. The van der Waals surface area contributed by atoms with E-state index in [0.29, 0.717) is 6.04 Å². The number of benzene rings is 1. The van der Waals surface area contributed by atoms with Crippen LogP contribution < -0.4 is 10.6 Å². The second kappa shape index (κ2) is 4.94. The predicted molar refractivity (Wildman–Crippen MR) is 78.3 cm³/mol. The Hall–Kier alpha value is -1.39. The zero-order chi connectivity index (χ0) is 13.4. The molecule has 1 aliphatic carbocycles.